The maximum atomic E-state index is 11.6. The lowest BCUT2D eigenvalue weighted by molar-refractivity contribution is -0.129. The van der Waals surface area contributed by atoms with Gasteiger partial charge in [0.25, 0.3) is 0 Å². The van der Waals surface area contributed by atoms with E-state index in [0.717, 1.165) is 25.5 Å². The molecular weight excluding hydrogens is 399 g/mol. The fraction of sp³-hybridized carbons (Fsp3) is 0.857. The van der Waals surface area contributed by atoms with Crippen LogP contribution in [-0.4, -0.2) is 76.4 Å². The molecule has 7 nitrogen and oxygen atoms in total. The van der Waals surface area contributed by atoms with E-state index in [9.17, 15) is 4.79 Å². The van der Waals surface area contributed by atoms with Gasteiger partial charge in [0.2, 0.25) is 5.91 Å². The third-order valence-corrected chi connectivity index (χ3v) is 3.38. The highest BCUT2D eigenvalue weighted by molar-refractivity contribution is 14.0. The number of ether oxygens (including phenoxy) is 2. The average molecular weight is 428 g/mol. The molecule has 22 heavy (non-hydrogen) atoms. The molecule has 1 aliphatic rings. The van der Waals surface area contributed by atoms with Gasteiger partial charge in [0.05, 0.1) is 19.8 Å². The molecule has 1 aliphatic heterocycles. The fourth-order valence-corrected chi connectivity index (χ4v) is 2.20. The van der Waals surface area contributed by atoms with Crippen LogP contribution in [0.15, 0.2) is 4.99 Å². The van der Waals surface area contributed by atoms with Gasteiger partial charge in [-0.1, -0.05) is 6.92 Å². The van der Waals surface area contributed by atoms with Crippen LogP contribution < -0.4 is 10.6 Å². The van der Waals surface area contributed by atoms with Crippen LogP contribution in [0.3, 0.4) is 0 Å². The van der Waals surface area contributed by atoms with Crippen LogP contribution in [0.4, 0.5) is 0 Å². The number of nitrogens with one attached hydrogen (secondary N) is 2. The lowest BCUT2D eigenvalue weighted by Gasteiger charge is -2.18. The summed E-state index contributed by atoms with van der Waals surface area (Å²) in [5.74, 6) is 0.968. The van der Waals surface area contributed by atoms with Gasteiger partial charge >= 0.3 is 0 Å². The zero-order valence-electron chi connectivity index (χ0n) is 13.8. The van der Waals surface area contributed by atoms with Gasteiger partial charge in [0, 0.05) is 46.3 Å². The van der Waals surface area contributed by atoms with Gasteiger partial charge in [-0.2, -0.15) is 0 Å². The summed E-state index contributed by atoms with van der Waals surface area (Å²) in [4.78, 5) is 17.7. The summed E-state index contributed by atoms with van der Waals surface area (Å²) in [6, 6.07) is 0.265. The molecule has 1 fully saturated rings. The van der Waals surface area contributed by atoms with Crippen molar-refractivity contribution in [1.82, 2.24) is 15.5 Å². The number of methoxy groups -OCH3 is 1. The molecule has 0 saturated carbocycles. The van der Waals surface area contributed by atoms with E-state index in [1.807, 2.05) is 11.8 Å². The number of rotatable bonds is 8. The Balaban J connectivity index is 0.00000441. The van der Waals surface area contributed by atoms with E-state index < -0.39 is 0 Å². The monoisotopic (exact) mass is 428 g/mol. The van der Waals surface area contributed by atoms with Gasteiger partial charge < -0.3 is 25.0 Å². The molecule has 1 rings (SSSR count). The maximum Gasteiger partial charge on any atom is 0.222 e. The number of hydrogen-bond acceptors (Lipinski definition) is 4. The molecule has 130 valence electrons. The Kier molecular flexibility index (Phi) is 12.5. The molecule has 1 atom stereocenters. The lowest BCUT2D eigenvalue weighted by Crippen LogP contribution is -2.45. The number of likely N-dealkylation sites (tertiary alicyclic amines) is 1. The zero-order valence-corrected chi connectivity index (χ0v) is 16.1. The molecule has 2 N–H and O–H groups in total. The van der Waals surface area contributed by atoms with Crippen molar-refractivity contribution in [3.05, 3.63) is 0 Å². The Hall–Kier alpha value is -0.610. The van der Waals surface area contributed by atoms with Crippen molar-refractivity contribution in [1.29, 1.82) is 0 Å². The minimum absolute atomic E-state index is 0. The van der Waals surface area contributed by atoms with Crippen LogP contribution in [-0.2, 0) is 14.3 Å². The molecule has 1 saturated heterocycles. The molecule has 0 bridgehead atoms. The number of carbonyl (C=O) groups is 1. The molecule has 0 aromatic heterocycles. The largest absolute Gasteiger partial charge is 0.382 e. The highest BCUT2D eigenvalue weighted by atomic mass is 127. The van der Waals surface area contributed by atoms with E-state index in [1.54, 1.807) is 14.2 Å². The van der Waals surface area contributed by atoms with Crippen molar-refractivity contribution in [2.75, 3.05) is 53.6 Å². The number of guanidine groups is 1. The molecule has 0 aliphatic carbocycles. The van der Waals surface area contributed by atoms with Crippen LogP contribution in [0, 0.1) is 0 Å². The zero-order chi connectivity index (χ0) is 15.5. The second kappa shape index (κ2) is 12.9. The Morgan fingerprint density at radius 1 is 1.36 bits per heavy atom. The van der Waals surface area contributed by atoms with Gasteiger partial charge in [-0.3, -0.25) is 9.79 Å². The topological polar surface area (TPSA) is 75.2 Å². The SMILES string of the molecule is CCC(=O)N1CCC(NC(=NC)NCCOCCOC)C1.I. The molecular formula is C14H29IN4O3. The van der Waals surface area contributed by atoms with E-state index in [-0.39, 0.29) is 35.9 Å². The maximum absolute atomic E-state index is 11.6. The first-order valence-corrected chi connectivity index (χ1v) is 7.52. The number of carbonyl (C=O) groups excluding carboxylic acids is 1. The van der Waals surface area contributed by atoms with Gasteiger partial charge in [-0.25, -0.2) is 0 Å². The predicted octanol–water partition coefficient (Wildman–Crippen LogP) is 0.443. The summed E-state index contributed by atoms with van der Waals surface area (Å²) < 4.78 is 10.3. The van der Waals surface area contributed by atoms with Crippen LogP contribution in [0.25, 0.3) is 0 Å². The molecule has 0 spiro atoms. The highest BCUT2D eigenvalue weighted by Crippen LogP contribution is 2.10. The number of halogens is 1. The minimum atomic E-state index is 0. The molecule has 8 heteroatoms. The Bertz CT molecular complexity index is 342. The molecule has 1 unspecified atom stereocenters. The number of aliphatic imine (C=N–C) groups is 1. The Morgan fingerprint density at radius 2 is 2.14 bits per heavy atom. The van der Waals surface area contributed by atoms with Crippen molar-refractivity contribution in [3.8, 4) is 0 Å². The van der Waals surface area contributed by atoms with Crippen molar-refractivity contribution in [2.45, 2.75) is 25.8 Å². The average Bonchev–Trinajstić information content (AvgIpc) is 2.97. The van der Waals surface area contributed by atoms with Crippen molar-refractivity contribution >= 4 is 35.8 Å². The summed E-state index contributed by atoms with van der Waals surface area (Å²) in [6.07, 6.45) is 1.52. The Morgan fingerprint density at radius 3 is 2.77 bits per heavy atom. The van der Waals surface area contributed by atoms with Gasteiger partial charge in [0.15, 0.2) is 5.96 Å². The standard InChI is InChI=1S/C14H28N4O3.HI/c1-4-13(19)18-7-5-12(11-18)17-14(15-2)16-6-8-21-10-9-20-3;/h12H,4-11H2,1-3H3,(H2,15,16,17);1H. The van der Waals surface area contributed by atoms with Crippen LogP contribution >= 0.6 is 24.0 Å². The van der Waals surface area contributed by atoms with Crippen LogP contribution in [0.5, 0.6) is 0 Å². The number of amides is 1. The summed E-state index contributed by atoms with van der Waals surface area (Å²) >= 11 is 0. The quantitative estimate of drug-likeness (QED) is 0.254. The Labute approximate surface area is 150 Å². The number of nitrogens with zero attached hydrogens (tertiary/aromatic N) is 2. The second-order valence-corrected chi connectivity index (χ2v) is 4.93. The first-order valence-electron chi connectivity index (χ1n) is 7.52. The van der Waals surface area contributed by atoms with Gasteiger partial charge in [0.1, 0.15) is 0 Å². The molecule has 0 radical (unpaired) electrons. The van der Waals surface area contributed by atoms with Crippen molar-refractivity contribution in [3.63, 3.8) is 0 Å². The van der Waals surface area contributed by atoms with Gasteiger partial charge in [-0.05, 0) is 6.42 Å². The molecule has 0 aromatic carbocycles. The van der Waals surface area contributed by atoms with E-state index in [2.05, 4.69) is 15.6 Å². The highest BCUT2D eigenvalue weighted by Gasteiger charge is 2.25. The smallest absolute Gasteiger partial charge is 0.222 e. The lowest BCUT2D eigenvalue weighted by atomic mass is 10.3. The van der Waals surface area contributed by atoms with Crippen molar-refractivity contribution in [2.24, 2.45) is 4.99 Å². The van der Waals surface area contributed by atoms with E-state index >= 15 is 0 Å². The van der Waals surface area contributed by atoms with E-state index in [0.29, 0.717) is 32.8 Å². The minimum Gasteiger partial charge on any atom is -0.382 e. The van der Waals surface area contributed by atoms with Crippen LogP contribution in [0.1, 0.15) is 19.8 Å². The fourth-order valence-electron chi connectivity index (χ4n) is 2.20. The second-order valence-electron chi connectivity index (χ2n) is 4.93. The van der Waals surface area contributed by atoms with Crippen molar-refractivity contribution < 1.29 is 14.3 Å². The van der Waals surface area contributed by atoms with Crippen LogP contribution in [0.2, 0.25) is 0 Å². The third-order valence-electron chi connectivity index (χ3n) is 3.38. The normalized spacial score (nSPS) is 18.0. The predicted molar refractivity (Wildman–Crippen MR) is 97.9 cm³/mol. The number of hydrogen-bond donors (Lipinski definition) is 2. The summed E-state index contributed by atoms with van der Waals surface area (Å²) in [5, 5.41) is 6.54. The first-order chi connectivity index (χ1) is 10.2. The van der Waals surface area contributed by atoms with E-state index in [1.165, 1.54) is 0 Å². The van der Waals surface area contributed by atoms with Gasteiger partial charge in [-0.15, -0.1) is 24.0 Å². The first kappa shape index (κ1) is 21.4. The molecule has 0 aromatic rings. The summed E-state index contributed by atoms with van der Waals surface area (Å²) in [6.45, 7) is 5.96. The summed E-state index contributed by atoms with van der Waals surface area (Å²) in [7, 11) is 3.40. The summed E-state index contributed by atoms with van der Waals surface area (Å²) in [5.41, 5.74) is 0. The third kappa shape index (κ3) is 8.14. The molecule has 1 heterocycles. The van der Waals surface area contributed by atoms with E-state index in [4.69, 9.17) is 9.47 Å². The molecule has 1 amide bonds.